The predicted octanol–water partition coefficient (Wildman–Crippen LogP) is 1.41. The van der Waals surface area contributed by atoms with Crippen LogP contribution in [-0.4, -0.2) is 64.5 Å². The normalized spacial score (nSPS) is 33.6. The maximum Gasteiger partial charge on any atom is 0.417 e. The Hall–Kier alpha value is -1.40. The monoisotopic (exact) mass is 410 g/mol. The van der Waals surface area contributed by atoms with Crippen molar-refractivity contribution in [1.82, 2.24) is 5.32 Å². The lowest BCUT2D eigenvalue weighted by atomic mass is 9.94. The van der Waals surface area contributed by atoms with Crippen LogP contribution in [-0.2, 0) is 16.1 Å². The van der Waals surface area contributed by atoms with Gasteiger partial charge >= 0.3 is 6.18 Å². The number of hydrogen-bond acceptors (Lipinski definition) is 6. The van der Waals surface area contributed by atoms with Gasteiger partial charge in [0.05, 0.1) is 12.6 Å². The highest BCUT2D eigenvalue weighted by molar-refractivity contribution is 8.14. The Labute approximate surface area is 156 Å². The Morgan fingerprint density at radius 3 is 2.63 bits per heavy atom. The third-order valence-corrected chi connectivity index (χ3v) is 5.52. The van der Waals surface area contributed by atoms with E-state index in [1.807, 2.05) is 0 Å². The van der Waals surface area contributed by atoms with Gasteiger partial charge in [-0.05, 0) is 6.07 Å². The van der Waals surface area contributed by atoms with Crippen molar-refractivity contribution in [2.45, 2.75) is 48.7 Å². The number of nitrogens with one attached hydrogen (secondary N) is 1. The number of rotatable bonds is 4. The van der Waals surface area contributed by atoms with Gasteiger partial charge in [0.15, 0.2) is 11.3 Å². The van der Waals surface area contributed by atoms with Crippen LogP contribution in [0.4, 0.5) is 17.6 Å². The van der Waals surface area contributed by atoms with Gasteiger partial charge in [0.25, 0.3) is 0 Å². The maximum absolute atomic E-state index is 13.7. The first kappa shape index (κ1) is 20.3. The summed E-state index contributed by atoms with van der Waals surface area (Å²) in [4.78, 5) is 3.88. The molecule has 0 spiro atoms. The van der Waals surface area contributed by atoms with Crippen LogP contribution in [0.15, 0.2) is 29.3 Å². The molecular formula is C16H18F4N2O4S. The molecule has 3 N–H and O–H groups in total. The predicted molar refractivity (Wildman–Crippen MR) is 89.6 cm³/mol. The molecule has 2 aliphatic heterocycles. The van der Waals surface area contributed by atoms with Gasteiger partial charge < -0.3 is 25.0 Å². The van der Waals surface area contributed by atoms with Gasteiger partial charge in [-0.2, -0.15) is 13.2 Å². The van der Waals surface area contributed by atoms with Crippen LogP contribution in [0.3, 0.4) is 0 Å². The van der Waals surface area contributed by atoms with Gasteiger partial charge in [0.2, 0.25) is 0 Å². The molecule has 0 bridgehead atoms. The highest BCUT2D eigenvalue weighted by atomic mass is 32.2. The number of hydrogen-bond donors (Lipinski definition) is 3. The second kappa shape index (κ2) is 7.92. The van der Waals surface area contributed by atoms with E-state index < -0.39 is 54.5 Å². The van der Waals surface area contributed by atoms with Crippen molar-refractivity contribution in [1.29, 1.82) is 0 Å². The Bertz CT molecular complexity index is 705. The second-order valence-electron chi connectivity index (χ2n) is 6.13. The summed E-state index contributed by atoms with van der Waals surface area (Å²) in [5.74, 6) is -0.706. The van der Waals surface area contributed by atoms with E-state index in [0.717, 1.165) is 17.8 Å². The SMILES string of the molecule is CN=C1NC2C(OC(C(OCc3ccccc3F)C(F)(F)F)C(O)C2O)S1. The topological polar surface area (TPSA) is 83.3 Å². The van der Waals surface area contributed by atoms with E-state index in [4.69, 9.17) is 9.47 Å². The molecule has 6 atom stereocenters. The average molecular weight is 410 g/mol. The van der Waals surface area contributed by atoms with Crippen LogP contribution in [0.25, 0.3) is 0 Å². The van der Waals surface area contributed by atoms with E-state index in [9.17, 15) is 27.8 Å². The van der Waals surface area contributed by atoms with Gasteiger partial charge in [-0.25, -0.2) is 4.39 Å². The Morgan fingerprint density at radius 2 is 2.00 bits per heavy atom. The van der Waals surface area contributed by atoms with Gasteiger partial charge in [0.1, 0.15) is 29.6 Å². The van der Waals surface area contributed by atoms with E-state index in [0.29, 0.717) is 5.17 Å². The van der Waals surface area contributed by atoms with Crippen LogP contribution in [0.1, 0.15) is 5.56 Å². The quantitative estimate of drug-likeness (QED) is 0.652. The van der Waals surface area contributed by atoms with Gasteiger partial charge in [-0.3, -0.25) is 4.99 Å². The maximum atomic E-state index is 13.7. The molecule has 1 aromatic carbocycles. The number of fused-ring (bicyclic) bond motifs is 1. The third-order valence-electron chi connectivity index (χ3n) is 4.36. The number of benzene rings is 1. The summed E-state index contributed by atoms with van der Waals surface area (Å²) in [6, 6.07) is 4.47. The zero-order chi connectivity index (χ0) is 19.8. The minimum atomic E-state index is -4.90. The molecule has 0 saturated carbocycles. The zero-order valence-electron chi connectivity index (χ0n) is 14.1. The molecule has 27 heavy (non-hydrogen) atoms. The summed E-state index contributed by atoms with van der Waals surface area (Å²) in [7, 11) is 1.48. The molecule has 0 radical (unpaired) electrons. The van der Waals surface area contributed by atoms with Crippen LogP contribution in [0, 0.1) is 5.82 Å². The van der Waals surface area contributed by atoms with Gasteiger partial charge in [-0.1, -0.05) is 30.0 Å². The first-order chi connectivity index (χ1) is 12.7. The fourth-order valence-electron chi connectivity index (χ4n) is 2.97. The number of aliphatic imine (C=N–C) groups is 1. The van der Waals surface area contributed by atoms with Crippen molar-refractivity contribution < 1.29 is 37.2 Å². The van der Waals surface area contributed by atoms with E-state index >= 15 is 0 Å². The van der Waals surface area contributed by atoms with Gasteiger partial charge in [-0.15, -0.1) is 0 Å². The Morgan fingerprint density at radius 1 is 1.30 bits per heavy atom. The van der Waals surface area contributed by atoms with Crippen molar-refractivity contribution in [3.63, 3.8) is 0 Å². The Balaban J connectivity index is 1.79. The third kappa shape index (κ3) is 4.21. The summed E-state index contributed by atoms with van der Waals surface area (Å²) < 4.78 is 64.7. The summed E-state index contributed by atoms with van der Waals surface area (Å²) >= 11 is 1.01. The zero-order valence-corrected chi connectivity index (χ0v) is 14.9. The summed E-state index contributed by atoms with van der Waals surface area (Å²) in [6.45, 7) is -0.666. The minimum Gasteiger partial charge on any atom is -0.388 e. The summed E-state index contributed by atoms with van der Waals surface area (Å²) in [6.07, 6.45) is -12.7. The van der Waals surface area contributed by atoms with Crippen LogP contribution < -0.4 is 5.32 Å². The van der Waals surface area contributed by atoms with Crippen molar-refractivity contribution in [3.8, 4) is 0 Å². The number of aliphatic hydroxyl groups excluding tert-OH is 2. The van der Waals surface area contributed by atoms with E-state index in [1.165, 1.54) is 25.2 Å². The van der Waals surface area contributed by atoms with Crippen molar-refractivity contribution in [2.24, 2.45) is 4.99 Å². The number of alkyl halides is 3. The molecule has 0 aromatic heterocycles. The molecular weight excluding hydrogens is 392 g/mol. The molecule has 2 heterocycles. The second-order valence-corrected chi connectivity index (χ2v) is 7.22. The fourth-order valence-corrected chi connectivity index (χ4v) is 4.06. The molecule has 0 aliphatic carbocycles. The number of ether oxygens (including phenoxy) is 2. The first-order valence-corrected chi connectivity index (χ1v) is 8.93. The standard InChI is InChI=1S/C16H18F4N2O4S/c1-21-15-22-9-10(23)11(24)12(26-14(9)27-15)13(16(18,19)20)25-6-7-4-2-3-5-8(7)17/h2-5,9-14,23-24H,6H2,1H3,(H,21,22). The first-order valence-electron chi connectivity index (χ1n) is 8.05. The number of halogens is 4. The highest BCUT2D eigenvalue weighted by Crippen LogP contribution is 2.39. The minimum absolute atomic E-state index is 0.0622. The largest absolute Gasteiger partial charge is 0.417 e. The lowest BCUT2D eigenvalue weighted by Crippen LogP contribution is -2.63. The van der Waals surface area contributed by atoms with Crippen LogP contribution in [0.5, 0.6) is 0 Å². The Kier molecular flexibility index (Phi) is 5.96. The molecule has 0 amide bonds. The van der Waals surface area contributed by atoms with Crippen LogP contribution in [0.2, 0.25) is 0 Å². The summed E-state index contributed by atoms with van der Waals surface area (Å²) in [5, 5.41) is 23.6. The molecule has 6 nitrogen and oxygen atoms in total. The van der Waals surface area contributed by atoms with Crippen LogP contribution >= 0.6 is 11.8 Å². The number of aliphatic hydroxyl groups is 2. The van der Waals surface area contributed by atoms with E-state index in [2.05, 4.69) is 10.3 Å². The molecule has 11 heteroatoms. The number of nitrogens with zero attached hydrogens (tertiary/aromatic N) is 1. The van der Waals surface area contributed by atoms with Crippen molar-refractivity contribution in [3.05, 3.63) is 35.6 Å². The number of amidine groups is 1. The fraction of sp³-hybridized carbons (Fsp3) is 0.562. The molecule has 3 rings (SSSR count). The molecule has 2 aliphatic rings. The highest BCUT2D eigenvalue weighted by Gasteiger charge is 2.57. The van der Waals surface area contributed by atoms with Crippen molar-refractivity contribution >= 4 is 16.9 Å². The molecule has 2 fully saturated rings. The average Bonchev–Trinajstić information content (AvgIpc) is 3.03. The lowest BCUT2D eigenvalue weighted by molar-refractivity contribution is -0.287. The molecule has 150 valence electrons. The smallest absolute Gasteiger partial charge is 0.388 e. The van der Waals surface area contributed by atoms with E-state index in [1.54, 1.807) is 0 Å². The molecule has 1 aromatic rings. The van der Waals surface area contributed by atoms with Gasteiger partial charge in [0, 0.05) is 12.6 Å². The molecule has 6 unspecified atom stereocenters. The summed E-state index contributed by atoms with van der Waals surface area (Å²) in [5.41, 5.74) is -0.943. The lowest BCUT2D eigenvalue weighted by Gasteiger charge is -2.42. The number of thioether (sulfide) groups is 1. The van der Waals surface area contributed by atoms with E-state index in [-0.39, 0.29) is 5.56 Å². The van der Waals surface area contributed by atoms with Crippen molar-refractivity contribution in [2.75, 3.05) is 7.05 Å². The molecule has 2 saturated heterocycles.